The molecular formula is C19H19N5O. The summed E-state index contributed by atoms with van der Waals surface area (Å²) in [4.78, 5) is 11.3. The molecule has 0 N–H and O–H groups in total. The first-order valence-corrected chi connectivity index (χ1v) is 8.50. The van der Waals surface area contributed by atoms with Crippen LogP contribution >= 0.6 is 0 Å². The summed E-state index contributed by atoms with van der Waals surface area (Å²) in [5.74, 6) is 2.65. The fraction of sp³-hybridized carbons (Fsp3) is 0.263. The number of aryl methyl sites for hydroxylation is 1. The second-order valence-electron chi connectivity index (χ2n) is 6.54. The van der Waals surface area contributed by atoms with E-state index in [0.717, 1.165) is 54.6 Å². The van der Waals surface area contributed by atoms with Crippen LogP contribution in [0.25, 0.3) is 22.6 Å². The van der Waals surface area contributed by atoms with Crippen molar-refractivity contribution in [2.45, 2.75) is 19.6 Å². The molecule has 1 aliphatic rings. The Labute approximate surface area is 145 Å². The summed E-state index contributed by atoms with van der Waals surface area (Å²) in [6.07, 6.45) is 3.85. The van der Waals surface area contributed by atoms with Crippen LogP contribution in [0.15, 0.2) is 53.3 Å². The van der Waals surface area contributed by atoms with Crippen molar-refractivity contribution in [1.29, 1.82) is 0 Å². The third kappa shape index (κ3) is 2.46. The highest BCUT2D eigenvalue weighted by atomic mass is 16.3. The molecule has 0 saturated heterocycles. The fourth-order valence-electron chi connectivity index (χ4n) is 3.54. The molecule has 126 valence electrons. The number of hydrogen-bond donors (Lipinski definition) is 0. The van der Waals surface area contributed by atoms with Crippen molar-refractivity contribution in [2.75, 3.05) is 6.54 Å². The van der Waals surface area contributed by atoms with Gasteiger partial charge in [0.25, 0.3) is 0 Å². The standard InChI is InChI=1S/C19H19N5O/c1-22-17-5-3-2-4-16(17)21-19(22)18-7-6-15(25-18)12-23-8-9-24-13-20-10-14(24)11-23/h2-7,10,13H,8-9,11-12H2,1H3. The third-order valence-corrected chi connectivity index (χ3v) is 4.89. The Balaban J connectivity index is 1.39. The summed E-state index contributed by atoms with van der Waals surface area (Å²) >= 11 is 0. The number of fused-ring (bicyclic) bond motifs is 2. The predicted molar refractivity (Wildman–Crippen MR) is 94.8 cm³/mol. The van der Waals surface area contributed by atoms with E-state index in [2.05, 4.69) is 31.2 Å². The monoisotopic (exact) mass is 333 g/mol. The molecule has 4 heterocycles. The van der Waals surface area contributed by atoms with Crippen LogP contribution < -0.4 is 0 Å². The molecule has 4 aromatic rings. The Hall–Kier alpha value is -2.86. The van der Waals surface area contributed by atoms with Crippen LogP contribution in [0.3, 0.4) is 0 Å². The van der Waals surface area contributed by atoms with E-state index in [0.29, 0.717) is 0 Å². The molecule has 0 radical (unpaired) electrons. The molecule has 6 nitrogen and oxygen atoms in total. The minimum atomic E-state index is 0.801. The van der Waals surface area contributed by atoms with Gasteiger partial charge in [-0.25, -0.2) is 9.97 Å². The van der Waals surface area contributed by atoms with Crippen molar-refractivity contribution in [2.24, 2.45) is 7.05 Å². The van der Waals surface area contributed by atoms with E-state index in [1.54, 1.807) is 0 Å². The zero-order valence-corrected chi connectivity index (χ0v) is 14.1. The number of para-hydroxylation sites is 2. The highest BCUT2D eigenvalue weighted by molar-refractivity contribution is 5.79. The lowest BCUT2D eigenvalue weighted by molar-refractivity contribution is 0.198. The minimum Gasteiger partial charge on any atom is -0.456 e. The maximum Gasteiger partial charge on any atom is 0.176 e. The molecule has 0 fully saturated rings. The van der Waals surface area contributed by atoms with Gasteiger partial charge in [0.15, 0.2) is 11.6 Å². The number of aromatic nitrogens is 4. The average molecular weight is 333 g/mol. The third-order valence-electron chi connectivity index (χ3n) is 4.89. The van der Waals surface area contributed by atoms with Gasteiger partial charge in [0.05, 0.1) is 29.6 Å². The number of imidazole rings is 2. The number of nitrogens with zero attached hydrogens (tertiary/aromatic N) is 5. The van der Waals surface area contributed by atoms with Gasteiger partial charge in [0.2, 0.25) is 0 Å². The normalized spacial score (nSPS) is 14.9. The molecular weight excluding hydrogens is 314 g/mol. The van der Waals surface area contributed by atoms with Gasteiger partial charge >= 0.3 is 0 Å². The Bertz CT molecular complexity index is 1040. The molecule has 0 spiro atoms. The molecule has 5 rings (SSSR count). The highest BCUT2D eigenvalue weighted by Crippen LogP contribution is 2.26. The lowest BCUT2D eigenvalue weighted by atomic mass is 10.3. The quantitative estimate of drug-likeness (QED) is 0.578. The van der Waals surface area contributed by atoms with E-state index in [1.165, 1.54) is 5.69 Å². The topological polar surface area (TPSA) is 52.0 Å². The second kappa shape index (κ2) is 5.60. The summed E-state index contributed by atoms with van der Waals surface area (Å²) in [5.41, 5.74) is 3.36. The number of rotatable bonds is 3. The summed E-state index contributed by atoms with van der Waals surface area (Å²) < 4.78 is 10.4. The predicted octanol–water partition coefficient (Wildman–Crippen LogP) is 3.05. The zero-order valence-electron chi connectivity index (χ0n) is 14.1. The highest BCUT2D eigenvalue weighted by Gasteiger charge is 2.18. The first kappa shape index (κ1) is 14.5. The molecule has 1 aliphatic heterocycles. The molecule has 0 bridgehead atoms. The first-order valence-electron chi connectivity index (χ1n) is 8.50. The molecule has 0 atom stereocenters. The van der Waals surface area contributed by atoms with E-state index in [1.807, 2.05) is 43.8 Å². The van der Waals surface area contributed by atoms with Crippen molar-refractivity contribution in [1.82, 2.24) is 24.0 Å². The Morgan fingerprint density at radius 2 is 2.04 bits per heavy atom. The number of benzene rings is 1. The Morgan fingerprint density at radius 3 is 2.96 bits per heavy atom. The van der Waals surface area contributed by atoms with Gasteiger partial charge < -0.3 is 13.6 Å². The molecule has 6 heteroatoms. The SMILES string of the molecule is Cn1c(-c2ccc(CN3CCn4cncc4C3)o2)nc2ccccc21. The van der Waals surface area contributed by atoms with Crippen LogP contribution in [0.2, 0.25) is 0 Å². The van der Waals surface area contributed by atoms with Gasteiger partial charge in [0.1, 0.15) is 5.76 Å². The van der Waals surface area contributed by atoms with Gasteiger partial charge in [-0.2, -0.15) is 0 Å². The minimum absolute atomic E-state index is 0.801. The molecule has 0 aliphatic carbocycles. The molecule has 25 heavy (non-hydrogen) atoms. The van der Waals surface area contributed by atoms with Crippen LogP contribution in [0.1, 0.15) is 11.5 Å². The van der Waals surface area contributed by atoms with Crippen molar-refractivity contribution < 1.29 is 4.42 Å². The fourth-order valence-corrected chi connectivity index (χ4v) is 3.54. The average Bonchev–Trinajstić information content (AvgIpc) is 3.34. The van der Waals surface area contributed by atoms with Gasteiger partial charge in [-0.15, -0.1) is 0 Å². The van der Waals surface area contributed by atoms with Crippen LogP contribution in [0.5, 0.6) is 0 Å². The van der Waals surface area contributed by atoms with E-state index < -0.39 is 0 Å². The molecule has 1 aromatic carbocycles. The summed E-state index contributed by atoms with van der Waals surface area (Å²) in [5, 5.41) is 0. The van der Waals surface area contributed by atoms with Crippen LogP contribution in [-0.4, -0.2) is 30.5 Å². The van der Waals surface area contributed by atoms with Crippen molar-refractivity contribution in [3.8, 4) is 11.6 Å². The van der Waals surface area contributed by atoms with E-state index in [9.17, 15) is 0 Å². The first-order chi connectivity index (χ1) is 12.3. The van der Waals surface area contributed by atoms with Gasteiger partial charge in [-0.1, -0.05) is 12.1 Å². The summed E-state index contributed by atoms with van der Waals surface area (Å²) in [6.45, 7) is 3.69. The maximum absolute atomic E-state index is 6.10. The van der Waals surface area contributed by atoms with Crippen molar-refractivity contribution in [3.63, 3.8) is 0 Å². The van der Waals surface area contributed by atoms with E-state index in [4.69, 9.17) is 9.40 Å². The molecule has 0 saturated carbocycles. The molecule has 0 unspecified atom stereocenters. The summed E-state index contributed by atoms with van der Waals surface area (Å²) in [6, 6.07) is 12.2. The molecule has 0 amide bonds. The van der Waals surface area contributed by atoms with E-state index >= 15 is 0 Å². The van der Waals surface area contributed by atoms with Crippen LogP contribution in [-0.2, 0) is 26.7 Å². The summed E-state index contributed by atoms with van der Waals surface area (Å²) in [7, 11) is 2.03. The Morgan fingerprint density at radius 1 is 1.12 bits per heavy atom. The lowest BCUT2D eigenvalue weighted by Gasteiger charge is -2.26. The number of furan rings is 1. The van der Waals surface area contributed by atoms with Crippen LogP contribution in [0.4, 0.5) is 0 Å². The Kier molecular flexibility index (Phi) is 3.24. The maximum atomic E-state index is 6.10. The van der Waals surface area contributed by atoms with Gasteiger partial charge in [0, 0.05) is 32.9 Å². The lowest BCUT2D eigenvalue weighted by Crippen LogP contribution is -2.32. The number of hydrogen-bond acceptors (Lipinski definition) is 4. The van der Waals surface area contributed by atoms with Gasteiger partial charge in [-0.3, -0.25) is 4.90 Å². The van der Waals surface area contributed by atoms with Crippen molar-refractivity contribution >= 4 is 11.0 Å². The molecule has 3 aromatic heterocycles. The van der Waals surface area contributed by atoms with Crippen molar-refractivity contribution in [3.05, 3.63) is 60.4 Å². The largest absolute Gasteiger partial charge is 0.456 e. The van der Waals surface area contributed by atoms with Gasteiger partial charge in [-0.05, 0) is 24.3 Å². The zero-order chi connectivity index (χ0) is 16.8. The smallest absolute Gasteiger partial charge is 0.176 e. The van der Waals surface area contributed by atoms with Crippen LogP contribution in [0, 0.1) is 0 Å². The van der Waals surface area contributed by atoms with E-state index in [-0.39, 0.29) is 0 Å². The second-order valence-corrected chi connectivity index (χ2v) is 6.54.